The zero-order valence-electron chi connectivity index (χ0n) is 38.3. The van der Waals surface area contributed by atoms with Crippen LogP contribution < -0.4 is 5.46 Å². The summed E-state index contributed by atoms with van der Waals surface area (Å²) in [5, 5.41) is 46.8. The molecule has 0 atom stereocenters. The summed E-state index contributed by atoms with van der Waals surface area (Å²) in [5.74, 6) is 0.318. The number of phenols is 3. The average molecular weight is 1140 g/mol. The molecule has 10 rings (SSSR count). The molecule has 72 heavy (non-hydrogen) atoms. The van der Waals surface area contributed by atoms with Crippen molar-refractivity contribution in [3.63, 3.8) is 0 Å². The molecule has 0 saturated carbocycles. The van der Waals surface area contributed by atoms with E-state index < -0.39 is 7.12 Å². The van der Waals surface area contributed by atoms with Crippen LogP contribution in [-0.4, -0.2) is 52.4 Å². The molecule has 4 aromatic heterocycles. The molecule has 0 unspecified atom stereocenters. The van der Waals surface area contributed by atoms with Crippen molar-refractivity contribution >= 4 is 81.6 Å². The van der Waals surface area contributed by atoms with Crippen molar-refractivity contribution in [1.82, 2.24) is 19.9 Å². The second kappa shape index (κ2) is 27.7. The fraction of sp³-hybridized carbons (Fsp3) is 0.0175. The summed E-state index contributed by atoms with van der Waals surface area (Å²) >= 11 is 24.9. The maximum atomic E-state index is 9.60. The van der Waals surface area contributed by atoms with Crippen molar-refractivity contribution in [3.8, 4) is 73.1 Å². The zero-order chi connectivity index (χ0) is 51.4. The second-order valence-corrected chi connectivity index (χ2v) is 18.2. The fourth-order valence-electron chi connectivity index (χ4n) is 6.55. The minimum Gasteiger partial charge on any atom is -0.508 e. The number of halogens is 5. The topological polar surface area (TPSA) is 153 Å². The van der Waals surface area contributed by atoms with E-state index >= 15 is 0 Å². The number of hydrogen-bond acceptors (Lipinski definition) is 9. The van der Waals surface area contributed by atoms with Crippen LogP contribution in [0.2, 0.25) is 20.4 Å². The lowest BCUT2D eigenvalue weighted by molar-refractivity contribution is 0.425. The highest BCUT2D eigenvalue weighted by Crippen LogP contribution is 2.31. The molecule has 5 N–H and O–H groups in total. The Balaban J connectivity index is 0.000000153. The quantitative estimate of drug-likeness (QED) is 0.0622. The van der Waals surface area contributed by atoms with E-state index in [4.69, 9.17) is 61.6 Å². The third-order valence-electron chi connectivity index (χ3n) is 10.3. The molecule has 0 radical (unpaired) electrons. The third-order valence-corrected chi connectivity index (χ3v) is 12.0. The number of aryl methyl sites for hydroxylation is 1. The molecule has 9 nitrogen and oxygen atoms in total. The highest BCUT2D eigenvalue weighted by atomic mass is 127. The summed E-state index contributed by atoms with van der Waals surface area (Å²) in [6.45, 7) is 1.89. The maximum absolute atomic E-state index is 9.60. The van der Waals surface area contributed by atoms with E-state index in [9.17, 15) is 10.2 Å². The smallest absolute Gasteiger partial charge is 0.488 e. The predicted octanol–water partition coefficient (Wildman–Crippen LogP) is 14.7. The van der Waals surface area contributed by atoms with Gasteiger partial charge in [0.2, 0.25) is 0 Å². The highest BCUT2D eigenvalue weighted by molar-refractivity contribution is 14.1. The van der Waals surface area contributed by atoms with Gasteiger partial charge in [-0.25, -0.2) is 9.97 Å². The van der Waals surface area contributed by atoms with Gasteiger partial charge < -0.3 is 25.4 Å². The van der Waals surface area contributed by atoms with Crippen LogP contribution >= 0.6 is 69.0 Å². The largest absolute Gasteiger partial charge is 0.508 e. The number of pyridine rings is 4. The second-order valence-electron chi connectivity index (χ2n) is 15.4. The van der Waals surface area contributed by atoms with E-state index in [1.54, 1.807) is 42.9 Å². The fourth-order valence-corrected chi connectivity index (χ4v) is 7.91. The van der Waals surface area contributed by atoms with Gasteiger partial charge in [-0.05, 0) is 171 Å². The number of aromatic hydroxyl groups is 3. The molecular formula is C57H44BCl4IN4O5. The Morgan fingerprint density at radius 1 is 0.375 bits per heavy atom. The van der Waals surface area contributed by atoms with Crippen LogP contribution in [0.1, 0.15) is 5.56 Å². The summed E-state index contributed by atoms with van der Waals surface area (Å²) in [7, 11) is -1.55. The zero-order valence-corrected chi connectivity index (χ0v) is 43.5. The van der Waals surface area contributed by atoms with Crippen molar-refractivity contribution in [2.45, 2.75) is 6.92 Å². The Kier molecular flexibility index (Phi) is 21.0. The molecule has 0 spiro atoms. The molecule has 0 saturated heterocycles. The molecule has 0 bridgehead atoms. The van der Waals surface area contributed by atoms with Crippen molar-refractivity contribution in [1.29, 1.82) is 0 Å². The third kappa shape index (κ3) is 16.9. The lowest BCUT2D eigenvalue weighted by Gasteiger charge is -2.06. The highest BCUT2D eigenvalue weighted by Gasteiger charge is 2.12. The summed E-state index contributed by atoms with van der Waals surface area (Å²) in [6.07, 6.45) is 6.99. The van der Waals surface area contributed by atoms with E-state index in [-0.39, 0.29) is 22.0 Å². The molecule has 360 valence electrons. The monoisotopic (exact) mass is 1140 g/mol. The van der Waals surface area contributed by atoms with Gasteiger partial charge in [0, 0.05) is 39.5 Å². The molecule has 0 aliphatic carbocycles. The van der Waals surface area contributed by atoms with Crippen LogP contribution in [0.4, 0.5) is 0 Å². The van der Waals surface area contributed by atoms with Crippen LogP contribution in [0.25, 0.3) is 55.9 Å². The minimum absolute atomic E-state index is 0.0731. The standard InChI is InChI=1S/C18H15NO.C17H12ClNO.C11H8ClN.C6H6BClO3.C5H3ClIN/c1-13-11-16(7-8-18(13)20)17-12-15(9-10-19-17)14-5-3-2-4-6-14;18-15-10-14(6-7-17(15)20)16-11-13(8-9-19-16)12-4-2-1-3-5-12;12-11-8-10(6-7-13-11)9-4-2-1-3-5-9;8-5-3-4(7(10)11)1-2-6(5)9;6-5-3-4(7)1-2-8-5/h2-12,20H,1H3;1-11,20H;1-8H;1-3,9-11H;1-3H. The summed E-state index contributed by atoms with van der Waals surface area (Å²) in [5.41, 5.74) is 11.6. The van der Waals surface area contributed by atoms with Crippen LogP contribution in [0.5, 0.6) is 17.2 Å². The van der Waals surface area contributed by atoms with E-state index in [2.05, 4.69) is 72.9 Å². The SMILES string of the molecule is Cc1cc(-c2cc(-c3ccccc3)ccn2)ccc1O.Clc1cc(-c2ccccc2)ccn1.Clc1cc(I)ccn1.OB(O)c1ccc(O)c(Cl)c1.Oc1ccc(-c2cc(-c3ccccc3)ccn2)cc1Cl. The average Bonchev–Trinajstić information content (AvgIpc) is 3.40. The number of hydrogen-bond donors (Lipinski definition) is 5. The molecule has 0 aliphatic rings. The predicted molar refractivity (Wildman–Crippen MR) is 303 cm³/mol. The first-order valence-corrected chi connectivity index (χ1v) is 24.4. The molecule has 0 fully saturated rings. The molecule has 6 aromatic carbocycles. The minimum atomic E-state index is -1.55. The maximum Gasteiger partial charge on any atom is 0.488 e. The van der Waals surface area contributed by atoms with Gasteiger partial charge in [0.15, 0.2) is 0 Å². The van der Waals surface area contributed by atoms with Gasteiger partial charge in [-0.1, -0.05) is 143 Å². The van der Waals surface area contributed by atoms with Crippen LogP contribution in [-0.2, 0) is 0 Å². The molecule has 0 amide bonds. The van der Waals surface area contributed by atoms with Gasteiger partial charge in [0.25, 0.3) is 0 Å². The van der Waals surface area contributed by atoms with Crippen LogP contribution in [0.15, 0.2) is 219 Å². The number of aromatic nitrogens is 4. The Morgan fingerprint density at radius 3 is 1.18 bits per heavy atom. The van der Waals surface area contributed by atoms with Gasteiger partial charge in [-0.3, -0.25) is 9.97 Å². The number of nitrogens with zero attached hydrogens (tertiary/aromatic N) is 4. The van der Waals surface area contributed by atoms with Gasteiger partial charge in [0.05, 0.1) is 21.4 Å². The normalized spacial score (nSPS) is 10.1. The number of benzene rings is 6. The molecule has 0 aliphatic heterocycles. The summed E-state index contributed by atoms with van der Waals surface area (Å²) in [4.78, 5) is 16.5. The Morgan fingerprint density at radius 2 is 0.778 bits per heavy atom. The first-order chi connectivity index (χ1) is 34.7. The van der Waals surface area contributed by atoms with Gasteiger partial charge >= 0.3 is 7.12 Å². The number of rotatable bonds is 6. The molecule has 10 aromatic rings. The lowest BCUT2D eigenvalue weighted by atomic mass is 9.80. The lowest BCUT2D eigenvalue weighted by Crippen LogP contribution is -2.29. The molecule has 15 heteroatoms. The van der Waals surface area contributed by atoms with E-state index in [0.717, 1.165) is 59.5 Å². The van der Waals surface area contributed by atoms with Gasteiger partial charge in [-0.2, -0.15) is 0 Å². The Labute approximate surface area is 452 Å². The Hall–Kier alpha value is -6.81. The van der Waals surface area contributed by atoms with Crippen LogP contribution in [0.3, 0.4) is 0 Å². The Bertz CT molecular complexity index is 3160. The van der Waals surface area contributed by atoms with Gasteiger partial charge in [-0.15, -0.1) is 0 Å². The summed E-state index contributed by atoms with van der Waals surface area (Å²) < 4.78 is 1.11. The van der Waals surface area contributed by atoms with Crippen molar-refractivity contribution in [2.75, 3.05) is 0 Å². The van der Waals surface area contributed by atoms with Gasteiger partial charge in [0.1, 0.15) is 27.6 Å². The van der Waals surface area contributed by atoms with E-state index in [0.29, 0.717) is 21.1 Å². The molecule has 4 heterocycles. The van der Waals surface area contributed by atoms with E-state index in [1.165, 1.54) is 23.8 Å². The number of phenolic OH excluding ortho intramolecular Hbond substituents is 3. The van der Waals surface area contributed by atoms with E-state index in [1.807, 2.05) is 134 Å². The first-order valence-electron chi connectivity index (χ1n) is 21.8. The van der Waals surface area contributed by atoms with Crippen molar-refractivity contribution in [2.24, 2.45) is 0 Å². The summed E-state index contributed by atoms with van der Waals surface area (Å²) in [6, 6.07) is 60.6. The van der Waals surface area contributed by atoms with Crippen molar-refractivity contribution in [3.05, 3.63) is 248 Å². The van der Waals surface area contributed by atoms with Crippen molar-refractivity contribution < 1.29 is 25.4 Å². The molecular weight excluding hydrogens is 1100 g/mol. The van der Waals surface area contributed by atoms with Crippen LogP contribution in [0, 0.1) is 10.5 Å². The first kappa shape index (κ1) is 54.5.